The van der Waals surface area contributed by atoms with Gasteiger partial charge in [-0.25, -0.2) is 4.79 Å². The van der Waals surface area contributed by atoms with E-state index >= 15 is 0 Å². The van der Waals surface area contributed by atoms with E-state index in [-0.39, 0.29) is 49.8 Å². The van der Waals surface area contributed by atoms with Gasteiger partial charge in [0.1, 0.15) is 78.2 Å². The van der Waals surface area contributed by atoms with Crippen LogP contribution in [-0.2, 0) is 95.0 Å². The maximum absolute atomic E-state index is 14.3. The third-order valence-electron chi connectivity index (χ3n) is 20.8. The third kappa shape index (κ3) is 15.4. The number of methoxy groups -OCH3 is 4. The van der Waals surface area contributed by atoms with Gasteiger partial charge in [-0.05, 0) is 90.7 Å². The smallest absolute Gasteiger partial charge is 0.331 e. The summed E-state index contributed by atoms with van der Waals surface area (Å²) in [6, 6.07) is 9.17. The van der Waals surface area contributed by atoms with Crippen LogP contribution in [0.4, 0.5) is 0 Å². The predicted octanol–water partition coefficient (Wildman–Crippen LogP) is 4.08. The van der Waals surface area contributed by atoms with Crippen molar-refractivity contribution in [3.8, 4) is 0 Å². The number of ether oxygens (including phenoxy) is 16. The fourth-order valence-electron chi connectivity index (χ4n) is 15.3. The molecule has 0 spiro atoms. The Bertz CT molecular complexity index is 2660. The molecule has 3 aliphatic carbocycles. The number of hydrogen-bond donors (Lipinski definition) is 5. The largest absolute Gasteiger partial charge is 0.460 e. The van der Waals surface area contributed by atoms with Crippen molar-refractivity contribution in [2.45, 2.75) is 279 Å². The monoisotopic (exact) mass is 1290 g/mol. The lowest BCUT2D eigenvalue weighted by molar-refractivity contribution is -0.358. The van der Waals surface area contributed by atoms with E-state index < -0.39 is 182 Å². The normalized spacial score (nSPS) is 43.8. The Morgan fingerprint density at radius 1 is 0.670 bits per heavy atom. The summed E-state index contributed by atoms with van der Waals surface area (Å²) in [5.74, 6) is -2.52. The first kappa shape index (κ1) is 71.5. The zero-order valence-electron chi connectivity index (χ0n) is 54.4. The number of carbonyl (C=O) groups excluding carboxylic acids is 4. The summed E-state index contributed by atoms with van der Waals surface area (Å²) >= 11 is 0. The molecule has 512 valence electrons. The molecule has 0 aromatic heterocycles. The zero-order chi connectivity index (χ0) is 65.9. The number of aliphatic hydroxyl groups is 5. The minimum absolute atomic E-state index is 0.0319. The van der Waals surface area contributed by atoms with Crippen LogP contribution in [0.15, 0.2) is 48.1 Å². The summed E-state index contributed by atoms with van der Waals surface area (Å²) in [6.45, 7) is 13.1. The van der Waals surface area contributed by atoms with Crippen LogP contribution in [0.3, 0.4) is 0 Å². The van der Waals surface area contributed by atoms with E-state index in [1.165, 1.54) is 27.0 Å². The van der Waals surface area contributed by atoms with Crippen LogP contribution in [-0.4, -0.2) is 237 Å². The number of benzene rings is 1. The first-order chi connectivity index (χ1) is 43.3. The van der Waals surface area contributed by atoms with E-state index in [0.717, 1.165) is 11.1 Å². The molecule has 25 heteroatoms. The van der Waals surface area contributed by atoms with E-state index in [2.05, 4.69) is 0 Å². The van der Waals surface area contributed by atoms with Crippen molar-refractivity contribution in [3.05, 3.63) is 53.6 Å². The number of rotatable bonds is 23. The second-order valence-electron chi connectivity index (χ2n) is 26.3. The van der Waals surface area contributed by atoms with Crippen LogP contribution < -0.4 is 0 Å². The van der Waals surface area contributed by atoms with Gasteiger partial charge in [-0.3, -0.25) is 14.4 Å². The number of esters is 2. The summed E-state index contributed by atoms with van der Waals surface area (Å²) < 4.78 is 99.8. The van der Waals surface area contributed by atoms with E-state index in [9.17, 15) is 44.7 Å². The third-order valence-corrected chi connectivity index (χ3v) is 20.8. The van der Waals surface area contributed by atoms with Gasteiger partial charge in [0.05, 0.1) is 67.0 Å². The Morgan fingerprint density at radius 3 is 1.65 bits per heavy atom. The van der Waals surface area contributed by atoms with Gasteiger partial charge in [-0.15, -0.1) is 0 Å². The van der Waals surface area contributed by atoms with Crippen molar-refractivity contribution < 1.29 is 121 Å². The molecule has 0 amide bonds. The summed E-state index contributed by atoms with van der Waals surface area (Å²) in [5, 5.41) is 53.4. The molecule has 7 fully saturated rings. The molecule has 2 saturated carbocycles. The molecule has 25 nitrogen and oxygen atoms in total. The molecule has 91 heavy (non-hydrogen) atoms. The molecule has 0 radical (unpaired) electrons. The number of aliphatic hydroxyl groups excluding tert-OH is 4. The second-order valence-corrected chi connectivity index (χ2v) is 26.3. The molecule has 8 aliphatic rings. The fourth-order valence-corrected chi connectivity index (χ4v) is 15.3. The first-order valence-electron chi connectivity index (χ1n) is 32.2. The van der Waals surface area contributed by atoms with Crippen LogP contribution in [0.25, 0.3) is 6.08 Å². The van der Waals surface area contributed by atoms with Gasteiger partial charge in [0.25, 0.3) is 0 Å². The van der Waals surface area contributed by atoms with E-state index in [1.54, 1.807) is 41.3 Å². The highest BCUT2D eigenvalue weighted by molar-refractivity contribution is 5.92. The highest BCUT2D eigenvalue weighted by atomic mass is 16.8. The number of Topliss-reactive ketones (excluding diaryl/α,β-unsaturated/α-hetero) is 2. The van der Waals surface area contributed by atoms with Crippen LogP contribution in [0.5, 0.6) is 0 Å². The molecule has 0 unspecified atom stereocenters. The van der Waals surface area contributed by atoms with Gasteiger partial charge in [-0.1, -0.05) is 48.9 Å². The molecule has 28 atom stereocenters. The van der Waals surface area contributed by atoms with Gasteiger partial charge in [0.2, 0.25) is 0 Å². The van der Waals surface area contributed by atoms with Crippen molar-refractivity contribution in [1.29, 1.82) is 0 Å². The number of fused-ring (bicyclic) bond motifs is 1. The molecule has 0 bridgehead atoms. The van der Waals surface area contributed by atoms with Crippen molar-refractivity contribution in [1.82, 2.24) is 0 Å². The summed E-state index contributed by atoms with van der Waals surface area (Å²) in [6.07, 6.45) is -12.1. The Hall–Kier alpha value is -3.78. The Morgan fingerprint density at radius 2 is 1.16 bits per heavy atom. The van der Waals surface area contributed by atoms with Gasteiger partial charge in [0.15, 0.2) is 31.5 Å². The predicted molar refractivity (Wildman–Crippen MR) is 319 cm³/mol. The van der Waals surface area contributed by atoms with Crippen LogP contribution >= 0.6 is 0 Å². The second kappa shape index (κ2) is 30.5. The van der Waals surface area contributed by atoms with Crippen LogP contribution in [0, 0.1) is 16.7 Å². The minimum atomic E-state index is -1.91. The Balaban J connectivity index is 0.777. The van der Waals surface area contributed by atoms with E-state index in [0.29, 0.717) is 38.5 Å². The number of ketones is 2. The number of allylic oxidation sites excluding steroid dienone is 1. The lowest BCUT2D eigenvalue weighted by Crippen LogP contribution is -2.62. The lowest BCUT2D eigenvalue weighted by Gasteiger charge is -2.51. The van der Waals surface area contributed by atoms with Gasteiger partial charge in [-0.2, -0.15) is 0 Å². The van der Waals surface area contributed by atoms with E-state index in [4.69, 9.17) is 75.8 Å². The molecule has 5 heterocycles. The average molecular weight is 1290 g/mol. The molecule has 5 saturated heterocycles. The maximum Gasteiger partial charge on any atom is 0.331 e. The summed E-state index contributed by atoms with van der Waals surface area (Å²) in [4.78, 5) is 54.5. The molecular weight excluding hydrogens is 1190 g/mol. The first-order valence-corrected chi connectivity index (χ1v) is 32.2. The van der Waals surface area contributed by atoms with Gasteiger partial charge < -0.3 is 101 Å². The number of carbonyl (C=O) groups is 4. The van der Waals surface area contributed by atoms with Gasteiger partial charge >= 0.3 is 11.9 Å². The maximum atomic E-state index is 14.3. The van der Waals surface area contributed by atoms with Crippen molar-refractivity contribution in [3.63, 3.8) is 0 Å². The molecule has 5 N–H and O–H groups in total. The summed E-state index contributed by atoms with van der Waals surface area (Å²) in [7, 11) is 6.32. The Labute approximate surface area is 532 Å². The molecule has 1 aromatic carbocycles. The van der Waals surface area contributed by atoms with Crippen molar-refractivity contribution >= 4 is 29.6 Å². The average Bonchev–Trinajstić information content (AvgIpc) is 1.66. The SMILES string of the molecule is CO[C@H]1C[C@H](O[C@H]2CC[C@@]3(C)C(=CCC(=O)[C@@H]3C[C@@H](OC(=O)C=Cc3ccccc3)[C@@]3(C)C(=O)CC[C@@]3(O)[C@H](C)OC(C)=O)C2)O[C@H](C)[C@H]1O[C@H]1C[C@@H](OC)[C@H](O[C@H]2C[C@@H](OC)[C@H](O[C@H]3C[C@H](OC)[C@H](O[C@@H]4O[C@H](CO)[C@@H](O)[C@H](O)[C@H]4O)[C@@H](C)O3)[C@@H](C)O2)[C@@H](C)O1. The molecule has 5 aliphatic heterocycles. The summed E-state index contributed by atoms with van der Waals surface area (Å²) in [5.41, 5.74) is -2.61. The van der Waals surface area contributed by atoms with Gasteiger partial charge in [0, 0.05) is 85.9 Å². The topological polar surface area (TPSA) is 317 Å². The highest BCUT2D eigenvalue weighted by Crippen LogP contribution is 2.56. The fraction of sp³-hybridized carbons (Fsp3) is 0.788. The minimum Gasteiger partial charge on any atom is -0.460 e. The standard InChI is InChI=1S/C66H98O25/c1-33-59(88-53-29-45(77-10)60(34(2)81-53)89-54-30-46(78-11)61(35(3)82-54)90-55-31-47(79-12)62(36(4)83-55)91-63-58(74)57(73)56(72)48(32-67)86-63)44(76-9)28-52(80-33)85-41-22-24-64(7)40(26-41)19-20-43(69)42(64)27-50(87-51(71)21-18-39-16-14-13-15-17-39)65(8)49(70)23-25-66(65,75)37(5)84-38(6)68/h13-19,21,33-37,41-42,44-48,50,52-63,67,72-75H,20,22-32H2,1-12H3/t33-,34-,35-,36-,37+,41+,42+,44+,45-,46-,47+,48-,50-,52+,53+,54+,55+,56-,57+,58-,59-,60-,61-,62-,63+,64+,65-,66-/m1/s1. The zero-order valence-corrected chi connectivity index (χ0v) is 54.4. The van der Waals surface area contributed by atoms with Crippen molar-refractivity contribution in [2.75, 3.05) is 35.0 Å². The number of hydrogen-bond acceptors (Lipinski definition) is 25. The quantitative estimate of drug-likeness (QED) is 0.0585. The van der Waals surface area contributed by atoms with Crippen LogP contribution in [0.1, 0.15) is 132 Å². The molecule has 9 rings (SSSR count). The lowest BCUT2D eigenvalue weighted by atomic mass is 9.56. The van der Waals surface area contributed by atoms with E-state index in [1.807, 2.05) is 64.1 Å². The highest BCUT2D eigenvalue weighted by Gasteiger charge is 2.66. The molecule has 1 aromatic rings. The van der Waals surface area contributed by atoms with Crippen LogP contribution in [0.2, 0.25) is 0 Å². The molecular formula is C66H98O25. The Kier molecular flexibility index (Phi) is 24.0. The van der Waals surface area contributed by atoms with Crippen molar-refractivity contribution in [2.24, 2.45) is 16.7 Å².